The second kappa shape index (κ2) is 8.12. The summed E-state index contributed by atoms with van der Waals surface area (Å²) in [6.45, 7) is 0.249. The number of aliphatic carboxylic acids is 1. The van der Waals surface area contributed by atoms with E-state index in [1.165, 1.54) is 17.0 Å². The maximum atomic E-state index is 13.6. The number of hydrogen-bond donors (Lipinski definition) is 3. The Labute approximate surface area is 160 Å². The molecule has 0 bridgehead atoms. The third-order valence-corrected chi connectivity index (χ3v) is 5.39. The Balaban J connectivity index is 1.50. The Morgan fingerprint density at radius 1 is 1.15 bits per heavy atom. The summed E-state index contributed by atoms with van der Waals surface area (Å²) in [7, 11) is 0. The first-order chi connectivity index (χ1) is 12.8. The molecule has 2 aliphatic rings. The van der Waals surface area contributed by atoms with E-state index in [4.69, 9.17) is 16.7 Å². The Kier molecular flexibility index (Phi) is 5.84. The number of nitrogens with one attached hydrogen (secondary N) is 2. The largest absolute Gasteiger partial charge is 0.481 e. The van der Waals surface area contributed by atoms with E-state index in [9.17, 15) is 18.8 Å². The maximum Gasteiger partial charge on any atom is 0.315 e. The van der Waals surface area contributed by atoms with Crippen LogP contribution in [-0.2, 0) is 9.59 Å². The molecule has 3 rings (SSSR count). The number of carboxylic acid groups (broad SMARTS) is 1. The van der Waals surface area contributed by atoms with Gasteiger partial charge >= 0.3 is 12.0 Å². The number of carbonyl (C=O) groups excluding carboxylic acids is 2. The molecule has 1 saturated carbocycles. The molecular weight excluding hydrogens is 377 g/mol. The van der Waals surface area contributed by atoms with Crippen LogP contribution in [0.15, 0.2) is 18.2 Å². The van der Waals surface area contributed by atoms with Gasteiger partial charge in [0.15, 0.2) is 0 Å². The van der Waals surface area contributed by atoms with E-state index in [2.05, 4.69) is 10.6 Å². The zero-order chi connectivity index (χ0) is 19.6. The van der Waals surface area contributed by atoms with Gasteiger partial charge in [-0.25, -0.2) is 9.18 Å². The summed E-state index contributed by atoms with van der Waals surface area (Å²) < 4.78 is 13.6. The second-order valence-corrected chi connectivity index (χ2v) is 7.42. The van der Waals surface area contributed by atoms with Gasteiger partial charge in [0.25, 0.3) is 0 Å². The number of halogens is 2. The van der Waals surface area contributed by atoms with E-state index >= 15 is 0 Å². The fourth-order valence-corrected chi connectivity index (χ4v) is 3.72. The molecule has 0 radical (unpaired) electrons. The number of rotatable bonds is 4. The van der Waals surface area contributed by atoms with E-state index in [0.29, 0.717) is 31.4 Å². The van der Waals surface area contributed by atoms with Crippen molar-refractivity contribution in [1.82, 2.24) is 10.6 Å². The molecule has 3 N–H and O–H groups in total. The van der Waals surface area contributed by atoms with Crippen molar-refractivity contribution in [2.45, 2.75) is 44.2 Å². The molecule has 7 nitrogen and oxygen atoms in total. The van der Waals surface area contributed by atoms with Crippen molar-refractivity contribution in [3.63, 3.8) is 0 Å². The van der Waals surface area contributed by atoms with Crippen molar-refractivity contribution in [3.8, 4) is 0 Å². The van der Waals surface area contributed by atoms with E-state index in [-0.39, 0.29) is 47.9 Å². The molecule has 1 aliphatic heterocycles. The van der Waals surface area contributed by atoms with Gasteiger partial charge < -0.3 is 20.6 Å². The van der Waals surface area contributed by atoms with Crippen molar-refractivity contribution in [1.29, 1.82) is 0 Å². The van der Waals surface area contributed by atoms with Crippen LogP contribution in [0.2, 0.25) is 5.02 Å². The number of anilines is 1. The smallest absolute Gasteiger partial charge is 0.315 e. The fourth-order valence-electron chi connectivity index (χ4n) is 3.60. The number of hydrogen-bond acceptors (Lipinski definition) is 3. The summed E-state index contributed by atoms with van der Waals surface area (Å²) in [6, 6.07) is 3.32. The predicted octanol–water partition coefficient (Wildman–Crippen LogP) is 2.53. The highest BCUT2D eigenvalue weighted by Crippen LogP contribution is 2.26. The third kappa shape index (κ3) is 4.68. The molecule has 2 fully saturated rings. The third-order valence-electron chi connectivity index (χ3n) is 5.09. The molecule has 1 heterocycles. The average Bonchev–Trinajstić information content (AvgIpc) is 2.97. The van der Waals surface area contributed by atoms with E-state index in [0.717, 1.165) is 0 Å². The van der Waals surface area contributed by atoms with Gasteiger partial charge in [0.05, 0.1) is 17.0 Å². The number of nitrogens with zero attached hydrogens (tertiary/aromatic N) is 1. The second-order valence-electron chi connectivity index (χ2n) is 7.01. The minimum atomic E-state index is -0.791. The van der Waals surface area contributed by atoms with Gasteiger partial charge in [-0.3, -0.25) is 9.59 Å². The van der Waals surface area contributed by atoms with E-state index in [1.54, 1.807) is 6.07 Å². The molecule has 1 unspecified atom stereocenters. The lowest BCUT2D eigenvalue weighted by molar-refractivity contribution is -0.142. The van der Waals surface area contributed by atoms with E-state index < -0.39 is 11.8 Å². The van der Waals surface area contributed by atoms with Crippen molar-refractivity contribution >= 4 is 35.2 Å². The summed E-state index contributed by atoms with van der Waals surface area (Å²) in [5.74, 6) is -1.94. The predicted molar refractivity (Wildman–Crippen MR) is 97.2 cm³/mol. The Hall–Kier alpha value is -2.35. The van der Waals surface area contributed by atoms with Gasteiger partial charge in [0, 0.05) is 24.7 Å². The summed E-state index contributed by atoms with van der Waals surface area (Å²) in [4.78, 5) is 36.8. The molecule has 27 heavy (non-hydrogen) atoms. The summed E-state index contributed by atoms with van der Waals surface area (Å²) in [5, 5.41) is 14.6. The molecular formula is C18H21ClFN3O4. The molecule has 1 atom stereocenters. The highest BCUT2D eigenvalue weighted by atomic mass is 35.5. The fraction of sp³-hybridized carbons (Fsp3) is 0.500. The SMILES string of the molecule is O=C(NC1CCC(C(=O)O)CC1)NC1CC(=O)N(c2ccc(Cl)c(F)c2)C1. The topological polar surface area (TPSA) is 98.7 Å². The van der Waals surface area contributed by atoms with Crippen LogP contribution in [0.4, 0.5) is 14.9 Å². The molecule has 3 amide bonds. The van der Waals surface area contributed by atoms with Gasteiger partial charge in [0.1, 0.15) is 5.82 Å². The van der Waals surface area contributed by atoms with Crippen molar-refractivity contribution in [2.75, 3.05) is 11.4 Å². The molecule has 0 spiro atoms. The van der Waals surface area contributed by atoms with Gasteiger partial charge in [0.2, 0.25) is 5.91 Å². The number of urea groups is 1. The van der Waals surface area contributed by atoms with Crippen LogP contribution >= 0.6 is 11.6 Å². The zero-order valence-corrected chi connectivity index (χ0v) is 15.3. The first-order valence-corrected chi connectivity index (χ1v) is 9.26. The lowest BCUT2D eigenvalue weighted by Gasteiger charge is -2.27. The van der Waals surface area contributed by atoms with Crippen LogP contribution in [0.5, 0.6) is 0 Å². The van der Waals surface area contributed by atoms with Crippen LogP contribution in [0.1, 0.15) is 32.1 Å². The number of carboxylic acids is 1. The molecule has 0 aromatic heterocycles. The van der Waals surface area contributed by atoms with E-state index in [1.807, 2.05) is 0 Å². The molecule has 1 aromatic rings. The van der Waals surface area contributed by atoms with Crippen LogP contribution in [0, 0.1) is 11.7 Å². The maximum absolute atomic E-state index is 13.6. The molecule has 9 heteroatoms. The summed E-state index contributed by atoms with van der Waals surface area (Å²) in [5.41, 5.74) is 0.401. The number of amides is 3. The highest BCUT2D eigenvalue weighted by Gasteiger charge is 2.33. The average molecular weight is 398 g/mol. The Morgan fingerprint density at radius 2 is 1.81 bits per heavy atom. The summed E-state index contributed by atoms with van der Waals surface area (Å²) >= 11 is 5.66. The van der Waals surface area contributed by atoms with Crippen molar-refractivity contribution in [2.24, 2.45) is 5.92 Å². The first kappa shape index (κ1) is 19.4. The lowest BCUT2D eigenvalue weighted by Crippen LogP contribution is -2.48. The van der Waals surface area contributed by atoms with Gasteiger partial charge in [-0.05, 0) is 43.9 Å². The van der Waals surface area contributed by atoms with Gasteiger partial charge in [-0.15, -0.1) is 0 Å². The molecule has 146 valence electrons. The zero-order valence-electron chi connectivity index (χ0n) is 14.6. The number of carbonyl (C=O) groups is 3. The van der Waals surface area contributed by atoms with Crippen LogP contribution in [-0.4, -0.2) is 41.6 Å². The minimum absolute atomic E-state index is 0.0166. The van der Waals surface area contributed by atoms with Crippen LogP contribution in [0.25, 0.3) is 0 Å². The van der Waals surface area contributed by atoms with Crippen molar-refractivity contribution < 1.29 is 23.9 Å². The van der Waals surface area contributed by atoms with Crippen molar-refractivity contribution in [3.05, 3.63) is 29.0 Å². The van der Waals surface area contributed by atoms with Crippen LogP contribution in [0.3, 0.4) is 0 Å². The van der Waals surface area contributed by atoms with Gasteiger partial charge in [-0.1, -0.05) is 11.6 Å². The van der Waals surface area contributed by atoms with Crippen LogP contribution < -0.4 is 15.5 Å². The van der Waals surface area contributed by atoms with Gasteiger partial charge in [-0.2, -0.15) is 0 Å². The quantitative estimate of drug-likeness (QED) is 0.727. The highest BCUT2D eigenvalue weighted by molar-refractivity contribution is 6.30. The Morgan fingerprint density at radius 3 is 2.44 bits per heavy atom. The monoisotopic (exact) mass is 397 g/mol. The minimum Gasteiger partial charge on any atom is -0.481 e. The molecule has 1 saturated heterocycles. The standard InChI is InChI=1S/C18H21ClFN3O4/c19-14-6-5-13(8-15(14)20)23-9-12(7-16(23)24)22-18(27)21-11-3-1-10(2-4-11)17(25)26/h5-6,8,10-12H,1-4,7,9H2,(H,25,26)(H2,21,22,27). The first-order valence-electron chi connectivity index (χ1n) is 8.88. The molecule has 1 aliphatic carbocycles. The normalized spacial score (nSPS) is 25.3. The Bertz CT molecular complexity index is 752. The molecule has 1 aromatic carbocycles. The lowest BCUT2D eigenvalue weighted by atomic mass is 9.86. The number of benzene rings is 1. The summed E-state index contributed by atoms with van der Waals surface area (Å²) in [6.07, 6.45) is 2.44.